The van der Waals surface area contributed by atoms with E-state index in [-0.39, 0.29) is 66.6 Å². The molecule has 0 unspecified atom stereocenters. The number of ether oxygens (including phenoxy) is 5. The van der Waals surface area contributed by atoms with E-state index in [1.165, 1.54) is 70.0 Å². The normalized spacial score (nSPS) is 16.9. The van der Waals surface area contributed by atoms with Crippen LogP contribution in [0.25, 0.3) is 0 Å². The number of fused-ring (bicyclic) bond motifs is 2. The van der Waals surface area contributed by atoms with E-state index in [9.17, 15) is 34.4 Å². The number of nitrogens with zero attached hydrogens (tertiary/aromatic N) is 4. The highest BCUT2D eigenvalue weighted by molar-refractivity contribution is 8.76. The van der Waals surface area contributed by atoms with Crippen LogP contribution in [-0.4, -0.2) is 120 Å². The van der Waals surface area contributed by atoms with E-state index in [1.54, 1.807) is 18.2 Å². The van der Waals surface area contributed by atoms with Crippen LogP contribution in [0.2, 0.25) is 0 Å². The number of pyridine rings is 1. The van der Waals surface area contributed by atoms with Gasteiger partial charge in [0.05, 0.1) is 74.1 Å². The predicted molar refractivity (Wildman–Crippen MR) is 233 cm³/mol. The highest BCUT2D eigenvalue weighted by Crippen LogP contribution is 2.39. The van der Waals surface area contributed by atoms with E-state index in [2.05, 4.69) is 28.8 Å². The van der Waals surface area contributed by atoms with Gasteiger partial charge in [0, 0.05) is 37.0 Å². The van der Waals surface area contributed by atoms with Gasteiger partial charge in [-0.05, 0) is 67.5 Å². The summed E-state index contributed by atoms with van der Waals surface area (Å²) in [4.78, 5) is 70.6. The molecule has 20 heteroatoms. The smallest absolute Gasteiger partial charge is 0.411 e. The SMILES string of the molecule is C=C1C[C@@H](CO)N(C(=O)c2cc(OC)c(OCCCCCOc3cc4c(cc3OC)C(=O)N3CC(=C)C[C@H]3C(=O)N4)cc2NC(=O)OCCCSSc2ccc([N+](=O)[O-])cn2)C1. The number of hydrogen-bond acceptors (Lipinski definition) is 15. The molecule has 2 fully saturated rings. The van der Waals surface area contributed by atoms with Gasteiger partial charge in [0.15, 0.2) is 23.0 Å². The number of hydrogen-bond donors (Lipinski definition) is 3. The van der Waals surface area contributed by atoms with Crippen molar-refractivity contribution in [1.29, 1.82) is 0 Å². The summed E-state index contributed by atoms with van der Waals surface area (Å²) in [5.41, 5.74) is 2.44. The Morgan fingerprint density at radius 3 is 2.34 bits per heavy atom. The molecule has 0 aliphatic carbocycles. The van der Waals surface area contributed by atoms with E-state index in [1.807, 2.05) is 0 Å². The molecule has 3 aliphatic heterocycles. The van der Waals surface area contributed by atoms with E-state index in [0.29, 0.717) is 85.2 Å². The molecule has 0 radical (unpaired) electrons. The Morgan fingerprint density at radius 2 is 1.66 bits per heavy atom. The molecule has 330 valence electrons. The maximum atomic E-state index is 13.9. The van der Waals surface area contributed by atoms with Crippen LogP contribution in [0.4, 0.5) is 21.9 Å². The Bertz CT molecular complexity index is 2210. The van der Waals surface area contributed by atoms with Crippen molar-refractivity contribution in [3.8, 4) is 23.0 Å². The van der Waals surface area contributed by atoms with E-state index < -0.39 is 29.0 Å². The fraction of sp³-hybridized carbons (Fsp3) is 0.405. The second kappa shape index (κ2) is 21.2. The zero-order valence-electron chi connectivity index (χ0n) is 34.3. The number of likely N-dealkylation sites (tertiary alicyclic amines) is 1. The van der Waals surface area contributed by atoms with Crippen LogP contribution in [0.15, 0.2) is 71.9 Å². The number of carbonyl (C=O) groups excluding carboxylic acids is 4. The van der Waals surface area contributed by atoms with Gasteiger partial charge in [-0.3, -0.25) is 29.8 Å². The number of unbranched alkanes of at least 4 members (excludes halogenated alkanes) is 2. The quantitative estimate of drug-likeness (QED) is 0.0362. The minimum atomic E-state index is -0.791. The summed E-state index contributed by atoms with van der Waals surface area (Å²) in [5, 5.41) is 27.0. The van der Waals surface area contributed by atoms with Crippen LogP contribution in [-0.2, 0) is 9.53 Å². The summed E-state index contributed by atoms with van der Waals surface area (Å²) in [6.07, 6.45) is 3.70. The predicted octanol–water partition coefficient (Wildman–Crippen LogP) is 6.50. The van der Waals surface area contributed by atoms with Gasteiger partial charge in [0.2, 0.25) is 5.91 Å². The van der Waals surface area contributed by atoms with E-state index in [0.717, 1.165) is 11.1 Å². The zero-order valence-corrected chi connectivity index (χ0v) is 36.0. The van der Waals surface area contributed by atoms with Crippen LogP contribution < -0.4 is 29.6 Å². The molecule has 0 bridgehead atoms. The van der Waals surface area contributed by atoms with Gasteiger partial charge in [-0.25, -0.2) is 9.78 Å². The minimum absolute atomic E-state index is 0.0730. The number of amides is 4. The Morgan fingerprint density at radius 1 is 0.952 bits per heavy atom. The lowest BCUT2D eigenvalue weighted by atomic mass is 10.1. The topological polar surface area (TPSA) is 221 Å². The standard InChI is InChI=1S/C42H48N6O12S2/c1-25-15-28(24-49)46(22-25)40(51)30-18-35(57-4)37(20-32(30)45-42(53)60-13-8-14-61-62-38-10-9-27(21-43-38)48(54)55)59-12-7-5-6-11-58-36-19-31-29(17-34(36)56-3)41(52)47-23-26(2)16-33(47)39(50)44-31/h9-10,17-21,28,33,49H,1-2,5-8,11-16,22-24H2,3-4H3,(H,44,50)(H,45,53)/t28-,33-/m0/s1. The second-order valence-corrected chi connectivity index (χ2v) is 17.0. The maximum Gasteiger partial charge on any atom is 0.411 e. The van der Waals surface area contributed by atoms with Crippen LogP contribution >= 0.6 is 21.6 Å². The molecule has 2 atom stereocenters. The van der Waals surface area contributed by atoms with Crippen molar-refractivity contribution in [2.45, 2.75) is 55.6 Å². The molecule has 1 aromatic heterocycles. The number of methoxy groups -OCH3 is 2. The number of aliphatic hydroxyl groups is 1. The van der Waals surface area contributed by atoms with E-state index >= 15 is 0 Å². The van der Waals surface area contributed by atoms with Crippen molar-refractivity contribution in [2.24, 2.45) is 0 Å². The Labute approximate surface area is 365 Å². The fourth-order valence-corrected chi connectivity index (χ4v) is 9.00. The van der Waals surface area contributed by atoms with Crippen molar-refractivity contribution in [3.05, 3.63) is 88.1 Å². The number of aliphatic hydroxyl groups excluding tert-OH is 1. The number of carbonyl (C=O) groups is 4. The molecule has 0 spiro atoms. The third-order valence-electron chi connectivity index (χ3n) is 10.2. The third-order valence-corrected chi connectivity index (χ3v) is 12.5. The number of benzene rings is 2. The molecule has 4 amide bonds. The summed E-state index contributed by atoms with van der Waals surface area (Å²) in [5.74, 6) is 0.889. The minimum Gasteiger partial charge on any atom is -0.493 e. The molecule has 2 saturated heterocycles. The number of nitro groups is 1. The van der Waals surface area contributed by atoms with Crippen LogP contribution in [0.5, 0.6) is 23.0 Å². The number of nitrogens with one attached hydrogen (secondary N) is 2. The summed E-state index contributed by atoms with van der Waals surface area (Å²) in [6, 6.07) is 8.05. The van der Waals surface area contributed by atoms with Crippen molar-refractivity contribution in [1.82, 2.24) is 14.8 Å². The molecule has 6 rings (SSSR count). The Kier molecular flexibility index (Phi) is 15.6. The van der Waals surface area contributed by atoms with Gasteiger partial charge < -0.3 is 43.9 Å². The van der Waals surface area contributed by atoms with Gasteiger partial charge in [-0.15, -0.1) is 0 Å². The number of anilines is 2. The van der Waals surface area contributed by atoms with Crippen LogP contribution in [0.1, 0.15) is 59.2 Å². The summed E-state index contributed by atoms with van der Waals surface area (Å²) in [6.45, 7) is 8.89. The average Bonchev–Trinajstić information content (AvgIpc) is 3.83. The second-order valence-electron chi connectivity index (χ2n) is 14.6. The monoisotopic (exact) mass is 892 g/mol. The summed E-state index contributed by atoms with van der Waals surface area (Å²) < 4.78 is 28.7. The molecule has 18 nitrogen and oxygen atoms in total. The first-order valence-corrected chi connectivity index (χ1v) is 22.1. The lowest BCUT2D eigenvalue weighted by Crippen LogP contribution is -2.40. The fourth-order valence-electron chi connectivity index (χ4n) is 7.08. The van der Waals surface area contributed by atoms with Crippen molar-refractivity contribution in [3.63, 3.8) is 0 Å². The van der Waals surface area contributed by atoms with Crippen LogP contribution in [0, 0.1) is 10.1 Å². The van der Waals surface area contributed by atoms with Crippen molar-refractivity contribution < 1.29 is 52.9 Å². The van der Waals surface area contributed by atoms with Crippen molar-refractivity contribution >= 4 is 62.5 Å². The molecule has 2 aromatic carbocycles. The van der Waals surface area contributed by atoms with Gasteiger partial charge in [-0.2, -0.15) is 0 Å². The molecule has 3 aromatic rings. The van der Waals surface area contributed by atoms with Gasteiger partial charge >= 0.3 is 6.09 Å². The molecular formula is C42H48N6O12S2. The Balaban J connectivity index is 1.03. The first kappa shape index (κ1) is 45.5. The lowest BCUT2D eigenvalue weighted by molar-refractivity contribution is -0.385. The average molecular weight is 893 g/mol. The molecule has 0 saturated carbocycles. The van der Waals surface area contributed by atoms with Gasteiger partial charge in [-0.1, -0.05) is 35.1 Å². The number of rotatable bonds is 20. The summed E-state index contributed by atoms with van der Waals surface area (Å²) >= 11 is 0. The largest absolute Gasteiger partial charge is 0.493 e. The Hall–Kier alpha value is -5.99. The summed E-state index contributed by atoms with van der Waals surface area (Å²) in [7, 11) is 5.72. The zero-order chi connectivity index (χ0) is 44.3. The molecule has 62 heavy (non-hydrogen) atoms. The van der Waals surface area contributed by atoms with Gasteiger partial charge in [0.25, 0.3) is 17.5 Å². The highest BCUT2D eigenvalue weighted by Gasteiger charge is 2.40. The van der Waals surface area contributed by atoms with E-state index in [4.69, 9.17) is 23.7 Å². The maximum absolute atomic E-state index is 13.9. The molecule has 3 N–H and O–H groups in total. The third kappa shape index (κ3) is 11.1. The molecule has 3 aliphatic rings. The molecular weight excluding hydrogens is 845 g/mol. The highest BCUT2D eigenvalue weighted by atomic mass is 33.1. The first-order chi connectivity index (χ1) is 29.9. The van der Waals surface area contributed by atoms with Crippen molar-refractivity contribution in [2.75, 3.05) is 70.1 Å². The van der Waals surface area contributed by atoms with Crippen LogP contribution in [0.3, 0.4) is 0 Å². The lowest BCUT2D eigenvalue weighted by Gasteiger charge is -2.24. The van der Waals surface area contributed by atoms with Gasteiger partial charge in [0.1, 0.15) is 17.3 Å². The molecule has 4 heterocycles. The first-order valence-electron chi connectivity index (χ1n) is 19.8. The number of aromatic nitrogens is 1.